The van der Waals surface area contributed by atoms with Gasteiger partial charge in [-0.15, -0.1) is 0 Å². The number of anilines is 1. The van der Waals surface area contributed by atoms with Gasteiger partial charge in [0.15, 0.2) is 5.82 Å². The average molecular weight is 404 g/mol. The Morgan fingerprint density at radius 2 is 2.10 bits per heavy atom. The van der Waals surface area contributed by atoms with Gasteiger partial charge >= 0.3 is 0 Å². The summed E-state index contributed by atoms with van der Waals surface area (Å²) < 4.78 is 6.07. The number of hydrogen-bond acceptors (Lipinski definition) is 4. The van der Waals surface area contributed by atoms with Crippen molar-refractivity contribution in [2.45, 2.75) is 19.8 Å². The smallest absolute Gasteiger partial charge is 0.161 e. The molecule has 0 fully saturated rings. The molecule has 4 nitrogen and oxygen atoms in total. The first-order valence-electron chi connectivity index (χ1n) is 6.22. The lowest BCUT2D eigenvalue weighted by atomic mass is 10.2. The van der Waals surface area contributed by atoms with Crippen molar-refractivity contribution >= 4 is 40.0 Å². The Morgan fingerprint density at radius 3 is 2.70 bits per heavy atom. The third-order valence-electron chi connectivity index (χ3n) is 2.84. The monoisotopic (exact) mass is 403 g/mol. The molecule has 0 aliphatic rings. The summed E-state index contributed by atoms with van der Waals surface area (Å²) in [4.78, 5) is 8.93. The molecular formula is C14H15ClIN3O. The van der Waals surface area contributed by atoms with Crippen LogP contribution in [0, 0.1) is 3.57 Å². The molecule has 0 saturated carbocycles. The van der Waals surface area contributed by atoms with Crippen molar-refractivity contribution in [1.82, 2.24) is 9.97 Å². The predicted octanol–water partition coefficient (Wildman–Crippen LogP) is 3.94. The SMILES string of the molecule is CCCc1nc(-c2ccc(OC)c(Cl)c2)nc(N)c1I. The predicted molar refractivity (Wildman–Crippen MR) is 90.2 cm³/mol. The Balaban J connectivity index is 2.49. The number of rotatable bonds is 4. The second-order valence-electron chi connectivity index (χ2n) is 4.29. The molecule has 1 aromatic heterocycles. The lowest BCUT2D eigenvalue weighted by Crippen LogP contribution is -2.05. The summed E-state index contributed by atoms with van der Waals surface area (Å²) >= 11 is 8.32. The number of nitrogens with two attached hydrogens (primary N) is 1. The molecule has 1 aromatic carbocycles. The molecule has 0 radical (unpaired) electrons. The molecule has 0 saturated heterocycles. The summed E-state index contributed by atoms with van der Waals surface area (Å²) in [6, 6.07) is 5.47. The zero-order chi connectivity index (χ0) is 14.7. The third kappa shape index (κ3) is 3.15. The minimum atomic E-state index is 0.506. The van der Waals surface area contributed by atoms with E-state index in [1.54, 1.807) is 19.2 Å². The topological polar surface area (TPSA) is 61.0 Å². The van der Waals surface area contributed by atoms with Gasteiger partial charge in [-0.25, -0.2) is 9.97 Å². The molecule has 0 unspecified atom stereocenters. The standard InChI is InChI=1S/C14H15ClIN3O/c1-3-4-10-12(16)13(17)19-14(18-10)8-5-6-11(20-2)9(15)7-8/h5-7H,3-4H2,1-2H3,(H2,17,18,19). The fraction of sp³-hybridized carbons (Fsp3) is 0.286. The van der Waals surface area contributed by atoms with Gasteiger partial charge in [-0.1, -0.05) is 24.9 Å². The first kappa shape index (κ1) is 15.3. The Hall–Kier alpha value is -1.08. The van der Waals surface area contributed by atoms with Crippen LogP contribution in [0.4, 0.5) is 5.82 Å². The number of nitrogen functional groups attached to an aromatic ring is 1. The van der Waals surface area contributed by atoms with E-state index in [0.29, 0.717) is 22.4 Å². The minimum absolute atomic E-state index is 0.506. The Morgan fingerprint density at radius 1 is 1.35 bits per heavy atom. The van der Waals surface area contributed by atoms with Crippen molar-refractivity contribution in [2.75, 3.05) is 12.8 Å². The van der Waals surface area contributed by atoms with Crippen LogP contribution < -0.4 is 10.5 Å². The summed E-state index contributed by atoms with van der Waals surface area (Å²) in [5, 5.41) is 0.530. The van der Waals surface area contributed by atoms with E-state index in [1.807, 2.05) is 6.07 Å². The molecule has 0 atom stereocenters. The van der Waals surface area contributed by atoms with Crippen molar-refractivity contribution in [2.24, 2.45) is 0 Å². The largest absolute Gasteiger partial charge is 0.495 e. The number of hydrogen-bond donors (Lipinski definition) is 1. The van der Waals surface area contributed by atoms with Gasteiger partial charge in [0.1, 0.15) is 11.6 Å². The lowest BCUT2D eigenvalue weighted by Gasteiger charge is -2.09. The van der Waals surface area contributed by atoms with Gasteiger partial charge in [-0.3, -0.25) is 0 Å². The number of aromatic nitrogens is 2. The molecule has 2 aromatic rings. The van der Waals surface area contributed by atoms with Crippen LogP contribution in [0.5, 0.6) is 5.75 Å². The third-order valence-corrected chi connectivity index (χ3v) is 4.31. The number of nitrogens with zero attached hydrogens (tertiary/aromatic N) is 2. The van der Waals surface area contributed by atoms with Gasteiger partial charge in [0.25, 0.3) is 0 Å². The molecule has 2 N–H and O–H groups in total. The van der Waals surface area contributed by atoms with E-state index in [9.17, 15) is 0 Å². The highest BCUT2D eigenvalue weighted by atomic mass is 127. The van der Waals surface area contributed by atoms with Crippen molar-refractivity contribution < 1.29 is 4.74 Å². The number of aryl methyl sites for hydroxylation is 1. The van der Waals surface area contributed by atoms with Crippen LogP contribution in [0.2, 0.25) is 5.02 Å². The minimum Gasteiger partial charge on any atom is -0.495 e. The summed E-state index contributed by atoms with van der Waals surface area (Å²) in [6.07, 6.45) is 1.89. The maximum atomic E-state index is 6.14. The van der Waals surface area contributed by atoms with Crippen LogP contribution in [0.25, 0.3) is 11.4 Å². The van der Waals surface area contributed by atoms with Gasteiger partial charge in [-0.2, -0.15) is 0 Å². The van der Waals surface area contributed by atoms with Gasteiger partial charge in [0.05, 0.1) is 21.4 Å². The van der Waals surface area contributed by atoms with Crippen molar-refractivity contribution in [3.63, 3.8) is 0 Å². The summed E-state index contributed by atoms with van der Waals surface area (Å²) in [5.41, 5.74) is 7.77. The first-order valence-corrected chi connectivity index (χ1v) is 7.68. The van der Waals surface area contributed by atoms with E-state index in [2.05, 4.69) is 39.5 Å². The second kappa shape index (κ2) is 6.58. The van der Waals surface area contributed by atoms with Crippen LogP contribution >= 0.6 is 34.2 Å². The molecule has 0 bridgehead atoms. The Bertz CT molecular complexity index is 634. The molecule has 6 heteroatoms. The van der Waals surface area contributed by atoms with Crippen LogP contribution in [0.15, 0.2) is 18.2 Å². The quantitative estimate of drug-likeness (QED) is 0.785. The second-order valence-corrected chi connectivity index (χ2v) is 5.78. The van der Waals surface area contributed by atoms with Crippen LogP contribution in [0.3, 0.4) is 0 Å². The van der Waals surface area contributed by atoms with Crippen molar-refractivity contribution in [3.05, 3.63) is 32.5 Å². The molecule has 20 heavy (non-hydrogen) atoms. The Labute approximate surface area is 136 Å². The molecule has 0 spiro atoms. The number of ether oxygens (including phenoxy) is 1. The van der Waals surface area contributed by atoms with Gasteiger partial charge in [0.2, 0.25) is 0 Å². The zero-order valence-corrected chi connectivity index (χ0v) is 14.2. The summed E-state index contributed by atoms with van der Waals surface area (Å²) in [5.74, 6) is 1.73. The average Bonchev–Trinajstić information content (AvgIpc) is 2.43. The van der Waals surface area contributed by atoms with E-state index in [1.165, 1.54) is 0 Å². The molecule has 0 amide bonds. The number of benzene rings is 1. The molecule has 106 valence electrons. The van der Waals surface area contributed by atoms with Gasteiger partial charge < -0.3 is 10.5 Å². The first-order chi connectivity index (χ1) is 9.56. The molecule has 1 heterocycles. The highest BCUT2D eigenvalue weighted by Crippen LogP contribution is 2.30. The fourth-order valence-corrected chi connectivity index (χ4v) is 2.62. The van der Waals surface area contributed by atoms with E-state index in [0.717, 1.165) is 27.7 Å². The van der Waals surface area contributed by atoms with Gasteiger partial charge in [-0.05, 0) is 47.2 Å². The molecular weight excluding hydrogens is 389 g/mol. The van der Waals surface area contributed by atoms with E-state index in [4.69, 9.17) is 22.1 Å². The van der Waals surface area contributed by atoms with Crippen LogP contribution in [0.1, 0.15) is 19.0 Å². The van der Waals surface area contributed by atoms with E-state index in [-0.39, 0.29) is 0 Å². The highest BCUT2D eigenvalue weighted by Gasteiger charge is 2.12. The normalized spacial score (nSPS) is 10.6. The summed E-state index contributed by atoms with van der Waals surface area (Å²) in [7, 11) is 1.58. The van der Waals surface area contributed by atoms with E-state index >= 15 is 0 Å². The fourth-order valence-electron chi connectivity index (χ4n) is 1.85. The molecule has 0 aliphatic carbocycles. The molecule has 2 rings (SSSR count). The highest BCUT2D eigenvalue weighted by molar-refractivity contribution is 14.1. The van der Waals surface area contributed by atoms with Crippen LogP contribution in [-0.4, -0.2) is 17.1 Å². The number of methoxy groups -OCH3 is 1. The van der Waals surface area contributed by atoms with Crippen molar-refractivity contribution in [3.8, 4) is 17.1 Å². The van der Waals surface area contributed by atoms with Crippen LogP contribution in [-0.2, 0) is 6.42 Å². The maximum Gasteiger partial charge on any atom is 0.161 e. The summed E-state index contributed by atoms with van der Waals surface area (Å²) in [6.45, 7) is 2.11. The Kier molecular flexibility index (Phi) is 5.04. The molecule has 0 aliphatic heterocycles. The number of halogens is 2. The maximum absolute atomic E-state index is 6.14. The van der Waals surface area contributed by atoms with Gasteiger partial charge in [0, 0.05) is 5.56 Å². The lowest BCUT2D eigenvalue weighted by molar-refractivity contribution is 0.415. The van der Waals surface area contributed by atoms with E-state index < -0.39 is 0 Å². The van der Waals surface area contributed by atoms with Crippen molar-refractivity contribution in [1.29, 1.82) is 0 Å². The zero-order valence-electron chi connectivity index (χ0n) is 11.3.